The lowest BCUT2D eigenvalue weighted by Crippen LogP contribution is -2.15. The standard InChI is InChI=1S/C18H19N5O4S/c1-11(15-10-22-9-13(12-2-3-12)4-7-18(22)21-15)20-14-5-6-17(28(19,26)27)16(8-14)23(24)25/h4-12,20H,2-3H2,1H3,(H2,19,26,27). The zero-order chi connectivity index (χ0) is 20.1. The van der Waals surface area contributed by atoms with E-state index >= 15 is 0 Å². The van der Waals surface area contributed by atoms with Crippen LogP contribution in [0, 0.1) is 10.1 Å². The Hall–Kier alpha value is -2.98. The highest BCUT2D eigenvalue weighted by Gasteiger charge is 2.25. The van der Waals surface area contributed by atoms with Crippen LogP contribution in [0.15, 0.2) is 47.6 Å². The number of rotatable bonds is 6. The number of nitrogens with zero attached hydrogens (tertiary/aromatic N) is 3. The molecule has 3 aromatic rings. The van der Waals surface area contributed by atoms with E-state index in [0.717, 1.165) is 23.5 Å². The maximum Gasteiger partial charge on any atom is 0.291 e. The van der Waals surface area contributed by atoms with E-state index in [1.807, 2.05) is 23.6 Å². The van der Waals surface area contributed by atoms with Crippen molar-refractivity contribution in [1.82, 2.24) is 9.38 Å². The van der Waals surface area contributed by atoms with Crippen molar-refractivity contribution in [2.24, 2.45) is 5.14 Å². The molecule has 146 valence electrons. The van der Waals surface area contributed by atoms with E-state index in [4.69, 9.17) is 5.14 Å². The number of nitro benzene ring substituents is 1. The van der Waals surface area contributed by atoms with Crippen LogP contribution in [-0.4, -0.2) is 22.7 Å². The van der Waals surface area contributed by atoms with Crippen molar-refractivity contribution in [3.63, 3.8) is 0 Å². The molecule has 0 saturated heterocycles. The zero-order valence-electron chi connectivity index (χ0n) is 15.1. The second kappa shape index (κ2) is 6.57. The normalized spacial score (nSPS) is 15.5. The van der Waals surface area contributed by atoms with Crippen LogP contribution in [0.4, 0.5) is 11.4 Å². The number of sulfonamides is 1. The summed E-state index contributed by atoms with van der Waals surface area (Å²) in [7, 11) is -4.18. The molecular weight excluding hydrogens is 382 g/mol. The van der Waals surface area contributed by atoms with Gasteiger partial charge in [0.25, 0.3) is 5.69 Å². The summed E-state index contributed by atoms with van der Waals surface area (Å²) < 4.78 is 25.0. The number of nitrogens with two attached hydrogens (primary N) is 1. The minimum absolute atomic E-state index is 0.246. The highest BCUT2D eigenvalue weighted by molar-refractivity contribution is 7.89. The van der Waals surface area contributed by atoms with E-state index in [9.17, 15) is 18.5 Å². The summed E-state index contributed by atoms with van der Waals surface area (Å²) in [5.41, 5.74) is 2.73. The molecule has 0 bridgehead atoms. The molecule has 0 amide bonds. The van der Waals surface area contributed by atoms with E-state index in [2.05, 4.69) is 22.6 Å². The molecule has 28 heavy (non-hydrogen) atoms. The van der Waals surface area contributed by atoms with Crippen LogP contribution in [0.3, 0.4) is 0 Å². The summed E-state index contributed by atoms with van der Waals surface area (Å²) in [6.45, 7) is 1.88. The van der Waals surface area contributed by atoms with Crippen LogP contribution in [0.5, 0.6) is 0 Å². The second-order valence-electron chi connectivity index (χ2n) is 7.02. The van der Waals surface area contributed by atoms with E-state index in [-0.39, 0.29) is 6.04 Å². The van der Waals surface area contributed by atoms with Crippen molar-refractivity contribution in [2.75, 3.05) is 5.32 Å². The van der Waals surface area contributed by atoms with Crippen LogP contribution < -0.4 is 10.5 Å². The minimum atomic E-state index is -4.18. The first-order valence-electron chi connectivity index (χ1n) is 8.79. The van der Waals surface area contributed by atoms with Crippen LogP contribution in [0.1, 0.15) is 43.0 Å². The molecule has 2 heterocycles. The zero-order valence-corrected chi connectivity index (χ0v) is 15.9. The average Bonchev–Trinajstić information content (AvgIpc) is 3.39. The highest BCUT2D eigenvalue weighted by atomic mass is 32.2. The number of benzene rings is 1. The Morgan fingerprint density at radius 1 is 1.29 bits per heavy atom. The Bertz CT molecular complexity index is 1180. The third kappa shape index (κ3) is 3.56. The Kier molecular flexibility index (Phi) is 4.31. The van der Waals surface area contributed by atoms with E-state index in [1.54, 1.807) is 0 Å². The summed E-state index contributed by atoms with van der Waals surface area (Å²) >= 11 is 0. The van der Waals surface area contributed by atoms with Crippen molar-refractivity contribution in [2.45, 2.75) is 36.6 Å². The maximum atomic E-state index is 11.5. The molecule has 3 N–H and O–H groups in total. The van der Waals surface area contributed by atoms with Gasteiger partial charge in [0, 0.05) is 24.1 Å². The molecule has 1 unspecified atom stereocenters. The van der Waals surface area contributed by atoms with E-state index in [0.29, 0.717) is 11.6 Å². The van der Waals surface area contributed by atoms with Crippen molar-refractivity contribution in [1.29, 1.82) is 0 Å². The Balaban J connectivity index is 1.61. The van der Waals surface area contributed by atoms with Gasteiger partial charge in [-0.25, -0.2) is 18.5 Å². The first-order valence-corrected chi connectivity index (χ1v) is 10.3. The molecular formula is C18H19N5O4S. The van der Waals surface area contributed by atoms with Gasteiger partial charge in [0.15, 0.2) is 4.90 Å². The lowest BCUT2D eigenvalue weighted by Gasteiger charge is -2.13. The summed E-state index contributed by atoms with van der Waals surface area (Å²) in [4.78, 5) is 14.5. The topological polar surface area (TPSA) is 133 Å². The van der Waals surface area contributed by atoms with Crippen molar-refractivity contribution in [3.05, 3.63) is 64.1 Å². The monoisotopic (exact) mass is 401 g/mol. The SMILES string of the molecule is CC(Nc1ccc(S(N)(=O)=O)c([N+](=O)[O-])c1)c1cn2cc(C3CC3)ccc2n1. The molecule has 1 atom stereocenters. The lowest BCUT2D eigenvalue weighted by atomic mass is 10.2. The van der Waals surface area contributed by atoms with Crippen molar-refractivity contribution < 1.29 is 13.3 Å². The molecule has 0 aliphatic heterocycles. The van der Waals surface area contributed by atoms with E-state index < -0.39 is 25.5 Å². The molecule has 1 aliphatic carbocycles. The van der Waals surface area contributed by atoms with Gasteiger partial charge in [-0.3, -0.25) is 10.1 Å². The molecule has 0 spiro atoms. The molecule has 1 aliphatic rings. The molecule has 10 heteroatoms. The number of nitro groups is 1. The number of fused-ring (bicyclic) bond motifs is 1. The molecule has 2 aromatic heterocycles. The molecule has 4 rings (SSSR count). The fourth-order valence-corrected chi connectivity index (χ4v) is 3.89. The summed E-state index contributed by atoms with van der Waals surface area (Å²) in [5, 5.41) is 19.4. The predicted octanol–water partition coefficient (Wildman–Crippen LogP) is 2.94. The quantitative estimate of drug-likeness (QED) is 0.482. The van der Waals surface area contributed by atoms with Gasteiger partial charge in [-0.05, 0) is 49.4 Å². The number of aromatic nitrogens is 2. The molecule has 9 nitrogen and oxygen atoms in total. The molecule has 1 saturated carbocycles. The third-order valence-corrected chi connectivity index (χ3v) is 5.79. The van der Waals surface area contributed by atoms with Gasteiger partial charge in [0.1, 0.15) is 5.65 Å². The van der Waals surface area contributed by atoms with Gasteiger partial charge in [-0.15, -0.1) is 0 Å². The number of nitrogens with one attached hydrogen (secondary N) is 1. The van der Waals surface area contributed by atoms with Crippen molar-refractivity contribution in [3.8, 4) is 0 Å². The Labute approximate surface area is 161 Å². The largest absolute Gasteiger partial charge is 0.377 e. The first-order chi connectivity index (χ1) is 13.2. The van der Waals surface area contributed by atoms with Gasteiger partial charge in [-0.2, -0.15) is 0 Å². The molecule has 1 aromatic carbocycles. The van der Waals surface area contributed by atoms with Crippen LogP contribution in [0.25, 0.3) is 5.65 Å². The summed E-state index contributed by atoms with van der Waals surface area (Å²) in [5.74, 6) is 0.642. The lowest BCUT2D eigenvalue weighted by molar-refractivity contribution is -0.387. The fraction of sp³-hybridized carbons (Fsp3) is 0.278. The number of primary sulfonamides is 1. The maximum absolute atomic E-state index is 11.5. The molecule has 1 fully saturated rings. The number of hydrogen-bond acceptors (Lipinski definition) is 6. The van der Waals surface area contributed by atoms with Gasteiger partial charge >= 0.3 is 0 Å². The third-order valence-electron chi connectivity index (χ3n) is 4.83. The van der Waals surface area contributed by atoms with E-state index in [1.165, 1.54) is 24.5 Å². The first kappa shape index (κ1) is 18.4. The molecule has 0 radical (unpaired) electrons. The van der Waals surface area contributed by atoms with Crippen LogP contribution in [-0.2, 0) is 10.0 Å². The van der Waals surface area contributed by atoms with Gasteiger partial charge in [-0.1, -0.05) is 6.07 Å². The summed E-state index contributed by atoms with van der Waals surface area (Å²) in [6.07, 6.45) is 6.45. The van der Waals surface area contributed by atoms with Gasteiger partial charge in [0.05, 0.1) is 16.7 Å². The highest BCUT2D eigenvalue weighted by Crippen LogP contribution is 2.40. The smallest absolute Gasteiger partial charge is 0.291 e. The number of pyridine rings is 1. The van der Waals surface area contributed by atoms with Gasteiger partial charge < -0.3 is 9.72 Å². The summed E-state index contributed by atoms with van der Waals surface area (Å²) in [6, 6.07) is 7.58. The Morgan fingerprint density at radius 3 is 2.68 bits per heavy atom. The Morgan fingerprint density at radius 2 is 2.04 bits per heavy atom. The van der Waals surface area contributed by atoms with Crippen LogP contribution >= 0.6 is 0 Å². The number of imidazole rings is 1. The number of anilines is 1. The second-order valence-corrected chi connectivity index (χ2v) is 8.55. The fourth-order valence-electron chi connectivity index (χ4n) is 3.21. The predicted molar refractivity (Wildman–Crippen MR) is 104 cm³/mol. The van der Waals surface area contributed by atoms with Crippen LogP contribution in [0.2, 0.25) is 0 Å². The van der Waals surface area contributed by atoms with Crippen molar-refractivity contribution >= 4 is 27.0 Å². The average molecular weight is 401 g/mol. The number of hydrogen-bond donors (Lipinski definition) is 2. The minimum Gasteiger partial charge on any atom is -0.377 e. The van der Waals surface area contributed by atoms with Gasteiger partial charge in [0.2, 0.25) is 10.0 Å².